The first kappa shape index (κ1) is 17.0. The number of hydrogen-bond donors (Lipinski definition) is 1. The molecule has 0 spiro atoms. The Morgan fingerprint density at radius 1 is 1.16 bits per heavy atom. The molecule has 25 heavy (non-hydrogen) atoms. The number of aromatic amines is 1. The van der Waals surface area contributed by atoms with E-state index in [0.29, 0.717) is 22.5 Å². The molecule has 0 saturated heterocycles. The molecule has 0 atom stereocenters. The standard InChI is InChI=1S/C18H16ClN3O3/c1-21(10-12-5-4-6-13(19)9-12)16(23)11-22-15-8-3-2-7-14(15)17(24)20-18(22)25/h2-9H,10-11H2,1H3,(H,20,24,25). The maximum Gasteiger partial charge on any atom is 0.329 e. The highest BCUT2D eigenvalue weighted by molar-refractivity contribution is 6.30. The van der Waals surface area contributed by atoms with Crippen LogP contribution >= 0.6 is 11.6 Å². The highest BCUT2D eigenvalue weighted by atomic mass is 35.5. The number of fused-ring (bicyclic) bond motifs is 1. The Kier molecular flexibility index (Phi) is 4.72. The van der Waals surface area contributed by atoms with Crippen LogP contribution in [0, 0.1) is 0 Å². The topological polar surface area (TPSA) is 75.2 Å². The molecule has 0 aliphatic carbocycles. The summed E-state index contributed by atoms with van der Waals surface area (Å²) in [4.78, 5) is 40.3. The van der Waals surface area contributed by atoms with Crippen molar-refractivity contribution in [3.8, 4) is 0 Å². The Hall–Kier alpha value is -2.86. The van der Waals surface area contributed by atoms with Gasteiger partial charge in [-0.15, -0.1) is 0 Å². The van der Waals surface area contributed by atoms with Crippen molar-refractivity contribution in [2.75, 3.05) is 7.05 Å². The van der Waals surface area contributed by atoms with Crippen molar-refractivity contribution >= 4 is 28.4 Å². The molecule has 6 nitrogen and oxygen atoms in total. The van der Waals surface area contributed by atoms with Crippen LogP contribution in [0.1, 0.15) is 5.56 Å². The monoisotopic (exact) mass is 357 g/mol. The maximum absolute atomic E-state index is 12.5. The third kappa shape index (κ3) is 3.64. The smallest absolute Gasteiger partial charge is 0.329 e. The molecule has 1 aromatic heterocycles. The molecular formula is C18H16ClN3O3. The molecule has 0 unspecified atom stereocenters. The summed E-state index contributed by atoms with van der Waals surface area (Å²) in [5.74, 6) is -0.251. The van der Waals surface area contributed by atoms with E-state index in [9.17, 15) is 14.4 Å². The summed E-state index contributed by atoms with van der Waals surface area (Å²) < 4.78 is 1.27. The molecule has 1 heterocycles. The highest BCUT2D eigenvalue weighted by Crippen LogP contribution is 2.13. The van der Waals surface area contributed by atoms with Crippen molar-refractivity contribution < 1.29 is 4.79 Å². The number of amides is 1. The van der Waals surface area contributed by atoms with Gasteiger partial charge < -0.3 is 4.90 Å². The minimum absolute atomic E-state index is 0.160. The number of nitrogens with zero attached hydrogens (tertiary/aromatic N) is 2. The van der Waals surface area contributed by atoms with Crippen molar-refractivity contribution in [3.05, 3.63) is 80.0 Å². The molecule has 3 aromatic rings. The molecule has 7 heteroatoms. The van der Waals surface area contributed by atoms with Crippen LogP contribution in [0.2, 0.25) is 5.02 Å². The number of nitrogens with one attached hydrogen (secondary N) is 1. The second-order valence-corrected chi connectivity index (χ2v) is 6.18. The van der Waals surface area contributed by atoms with Gasteiger partial charge in [0.15, 0.2) is 0 Å². The van der Waals surface area contributed by atoms with Crippen LogP contribution in [-0.4, -0.2) is 27.4 Å². The van der Waals surface area contributed by atoms with E-state index >= 15 is 0 Å². The van der Waals surface area contributed by atoms with Crippen LogP contribution in [0.3, 0.4) is 0 Å². The van der Waals surface area contributed by atoms with E-state index in [0.717, 1.165) is 5.56 Å². The van der Waals surface area contributed by atoms with Gasteiger partial charge in [-0.3, -0.25) is 19.1 Å². The summed E-state index contributed by atoms with van der Waals surface area (Å²) in [5, 5.41) is 0.966. The lowest BCUT2D eigenvalue weighted by atomic mass is 10.2. The van der Waals surface area contributed by atoms with Gasteiger partial charge in [-0.1, -0.05) is 35.9 Å². The van der Waals surface area contributed by atoms with E-state index in [2.05, 4.69) is 4.98 Å². The number of aromatic nitrogens is 2. The van der Waals surface area contributed by atoms with Gasteiger partial charge in [0, 0.05) is 18.6 Å². The van der Waals surface area contributed by atoms with Crippen LogP contribution in [0.4, 0.5) is 0 Å². The lowest BCUT2D eigenvalue weighted by Gasteiger charge is -2.18. The van der Waals surface area contributed by atoms with Gasteiger partial charge in [-0.25, -0.2) is 4.79 Å². The predicted octanol–water partition coefficient (Wildman–Crippen LogP) is 2.00. The largest absolute Gasteiger partial charge is 0.340 e. The van der Waals surface area contributed by atoms with Crippen LogP contribution in [0.5, 0.6) is 0 Å². The van der Waals surface area contributed by atoms with E-state index in [1.807, 2.05) is 12.1 Å². The number of benzene rings is 2. The van der Waals surface area contributed by atoms with Crippen molar-refractivity contribution in [1.82, 2.24) is 14.5 Å². The third-order valence-electron chi connectivity index (χ3n) is 3.93. The number of carbonyl (C=O) groups excluding carboxylic acids is 1. The molecule has 0 fully saturated rings. The van der Waals surface area contributed by atoms with Crippen LogP contribution in [0.25, 0.3) is 10.9 Å². The van der Waals surface area contributed by atoms with Gasteiger partial charge in [0.1, 0.15) is 6.54 Å². The molecule has 0 aliphatic heterocycles. The maximum atomic E-state index is 12.5. The normalized spacial score (nSPS) is 10.8. The third-order valence-corrected chi connectivity index (χ3v) is 4.17. The lowest BCUT2D eigenvalue weighted by molar-refractivity contribution is -0.131. The van der Waals surface area contributed by atoms with E-state index in [-0.39, 0.29) is 12.5 Å². The summed E-state index contributed by atoms with van der Waals surface area (Å²) in [7, 11) is 1.65. The Morgan fingerprint density at radius 2 is 1.92 bits per heavy atom. The fourth-order valence-corrected chi connectivity index (χ4v) is 2.87. The van der Waals surface area contributed by atoms with Crippen molar-refractivity contribution in [1.29, 1.82) is 0 Å². The number of likely N-dealkylation sites (N-methyl/N-ethyl adjacent to an activating group) is 1. The minimum Gasteiger partial charge on any atom is -0.340 e. The van der Waals surface area contributed by atoms with Crippen LogP contribution < -0.4 is 11.2 Å². The number of halogens is 1. The van der Waals surface area contributed by atoms with Gasteiger partial charge in [0.05, 0.1) is 10.9 Å². The first-order valence-electron chi connectivity index (χ1n) is 7.66. The molecule has 0 bridgehead atoms. The zero-order chi connectivity index (χ0) is 18.0. The number of H-pyrrole nitrogens is 1. The first-order valence-corrected chi connectivity index (χ1v) is 8.04. The Balaban J connectivity index is 1.87. The number of para-hydroxylation sites is 1. The van der Waals surface area contributed by atoms with Crippen molar-refractivity contribution in [3.63, 3.8) is 0 Å². The molecule has 0 radical (unpaired) electrons. The summed E-state index contributed by atoms with van der Waals surface area (Å²) in [6.07, 6.45) is 0. The van der Waals surface area contributed by atoms with Crippen molar-refractivity contribution in [2.24, 2.45) is 0 Å². The Labute approximate surface area is 148 Å². The SMILES string of the molecule is CN(Cc1cccc(Cl)c1)C(=O)Cn1c(=O)[nH]c(=O)c2ccccc21. The number of rotatable bonds is 4. The molecule has 0 aliphatic rings. The molecule has 0 saturated carbocycles. The second-order valence-electron chi connectivity index (χ2n) is 5.74. The summed E-state index contributed by atoms with van der Waals surface area (Å²) in [6.45, 7) is 0.211. The Bertz CT molecular complexity index is 1060. The molecular weight excluding hydrogens is 342 g/mol. The van der Waals surface area contributed by atoms with Gasteiger partial charge in [-0.05, 0) is 29.8 Å². The average molecular weight is 358 g/mol. The number of carbonyl (C=O) groups is 1. The summed E-state index contributed by atoms with van der Waals surface area (Å²) in [5.41, 5.74) is 0.257. The minimum atomic E-state index is -0.604. The fourth-order valence-electron chi connectivity index (χ4n) is 2.65. The highest BCUT2D eigenvalue weighted by Gasteiger charge is 2.14. The van der Waals surface area contributed by atoms with Gasteiger partial charge in [-0.2, -0.15) is 0 Å². The zero-order valence-electron chi connectivity index (χ0n) is 13.5. The first-order chi connectivity index (χ1) is 12.0. The quantitative estimate of drug-likeness (QED) is 0.776. The van der Waals surface area contributed by atoms with Crippen LogP contribution in [-0.2, 0) is 17.9 Å². The fraction of sp³-hybridized carbons (Fsp3) is 0.167. The average Bonchev–Trinajstić information content (AvgIpc) is 2.58. The van der Waals surface area contributed by atoms with E-state index in [1.54, 1.807) is 43.4 Å². The van der Waals surface area contributed by atoms with E-state index in [1.165, 1.54) is 9.47 Å². The van der Waals surface area contributed by atoms with Crippen LogP contribution in [0.15, 0.2) is 58.1 Å². The van der Waals surface area contributed by atoms with E-state index < -0.39 is 11.2 Å². The predicted molar refractivity (Wildman–Crippen MR) is 96.8 cm³/mol. The lowest BCUT2D eigenvalue weighted by Crippen LogP contribution is -2.37. The van der Waals surface area contributed by atoms with Gasteiger partial charge in [0.2, 0.25) is 5.91 Å². The Morgan fingerprint density at radius 3 is 2.68 bits per heavy atom. The molecule has 2 aromatic carbocycles. The second kappa shape index (κ2) is 6.94. The summed E-state index contributed by atoms with van der Waals surface area (Å²) in [6, 6.07) is 13.9. The van der Waals surface area contributed by atoms with E-state index in [4.69, 9.17) is 11.6 Å². The molecule has 1 N–H and O–H groups in total. The zero-order valence-corrected chi connectivity index (χ0v) is 14.3. The number of hydrogen-bond acceptors (Lipinski definition) is 3. The molecule has 3 rings (SSSR count). The summed E-state index contributed by atoms with van der Waals surface area (Å²) >= 11 is 5.96. The van der Waals surface area contributed by atoms with Gasteiger partial charge in [0.25, 0.3) is 5.56 Å². The molecule has 128 valence electrons. The molecule has 1 amide bonds. The van der Waals surface area contributed by atoms with Crippen molar-refractivity contribution in [2.45, 2.75) is 13.1 Å². The van der Waals surface area contributed by atoms with Gasteiger partial charge >= 0.3 is 5.69 Å².